The molecule has 0 aliphatic rings. The number of hydrogen-bond acceptors (Lipinski definition) is 0. The molecule has 0 saturated carbocycles. The molecule has 0 amide bonds. The summed E-state index contributed by atoms with van der Waals surface area (Å²) < 4.78 is 4.83. The molecule has 0 spiro atoms. The van der Waals surface area contributed by atoms with E-state index < -0.39 is 0 Å². The van der Waals surface area contributed by atoms with Gasteiger partial charge in [-0.15, -0.1) is 0 Å². The highest BCUT2D eigenvalue weighted by atomic mass is 15.0. The van der Waals surface area contributed by atoms with Crippen LogP contribution in [0.3, 0.4) is 0 Å². The van der Waals surface area contributed by atoms with E-state index >= 15 is 0 Å². The molecule has 12 aromatic carbocycles. The van der Waals surface area contributed by atoms with Gasteiger partial charge in [0, 0.05) is 32.9 Å². The van der Waals surface area contributed by atoms with Crippen molar-refractivity contribution in [2.75, 3.05) is 0 Å². The van der Waals surface area contributed by atoms with Gasteiger partial charge in [0.2, 0.25) is 0 Å². The number of fused-ring (bicyclic) bond motifs is 16. The van der Waals surface area contributed by atoms with Gasteiger partial charge in [-0.2, -0.15) is 0 Å². The number of aromatic nitrogens is 2. The summed E-state index contributed by atoms with van der Waals surface area (Å²) in [6.45, 7) is 0. The van der Waals surface area contributed by atoms with Gasteiger partial charge in [-0.05, 0) is 137 Å². The van der Waals surface area contributed by atoms with E-state index in [9.17, 15) is 0 Å². The number of benzene rings is 12. The molecule has 14 aromatic rings. The monoisotopic (exact) mass is 810 g/mol. The fourth-order valence-corrected chi connectivity index (χ4v) is 11.0. The normalized spacial score (nSPS) is 12.1. The molecule has 0 radical (unpaired) electrons. The Labute approximate surface area is 369 Å². The molecule has 0 N–H and O–H groups in total. The number of hydrogen-bond donors (Lipinski definition) is 0. The van der Waals surface area contributed by atoms with Crippen LogP contribution in [-0.2, 0) is 0 Å². The van der Waals surface area contributed by atoms with Gasteiger partial charge in [-0.3, -0.25) is 0 Å². The summed E-state index contributed by atoms with van der Waals surface area (Å²) in [6.07, 6.45) is 0. The highest BCUT2D eigenvalue weighted by Crippen LogP contribution is 2.46. The standard InChI is InChI=1S/C62H38N2/c1-2-15-43(16-3-1)63-58-25-13-11-22-50(58)55-36-41(30-35-59(55)63)42-29-33-51-49-21-10-12-24-57(49)64(60(51)37-42)44-31-26-40(27-32-44)54-38-56-48-20-7-6-18-46(48)47-19-8-9-23-52(47)62(56)61-45-17-5-4-14-39(45)28-34-53(54)61/h1-38H. The van der Waals surface area contributed by atoms with E-state index in [-0.39, 0.29) is 0 Å². The van der Waals surface area contributed by atoms with Gasteiger partial charge in [0.05, 0.1) is 22.1 Å². The van der Waals surface area contributed by atoms with E-state index in [0.29, 0.717) is 0 Å². The molecule has 64 heavy (non-hydrogen) atoms. The van der Waals surface area contributed by atoms with E-state index in [2.05, 4.69) is 240 Å². The number of rotatable bonds is 4. The SMILES string of the molecule is c1ccc(-n2c3ccccc3c3cc(-c4ccc5c6ccccc6n(-c6ccc(-c7cc8c9ccccc9c9ccccc9c8c8c7ccc7ccccc78)cc6)c5c4)ccc32)cc1. The zero-order valence-electron chi connectivity index (χ0n) is 34.8. The van der Waals surface area contributed by atoms with Crippen LogP contribution in [0.1, 0.15) is 0 Å². The van der Waals surface area contributed by atoms with Crippen LogP contribution in [0.15, 0.2) is 231 Å². The summed E-state index contributed by atoms with van der Waals surface area (Å²) in [7, 11) is 0. The minimum atomic E-state index is 1.14. The molecule has 0 unspecified atom stereocenters. The lowest BCUT2D eigenvalue weighted by Crippen LogP contribution is -1.95. The van der Waals surface area contributed by atoms with Crippen molar-refractivity contribution in [2.45, 2.75) is 0 Å². The zero-order valence-corrected chi connectivity index (χ0v) is 34.8. The third kappa shape index (κ3) is 5.02. The largest absolute Gasteiger partial charge is 0.309 e. The van der Waals surface area contributed by atoms with E-state index in [1.54, 1.807) is 0 Å². The first-order chi connectivity index (χ1) is 31.8. The van der Waals surface area contributed by atoms with Crippen molar-refractivity contribution in [2.24, 2.45) is 0 Å². The minimum Gasteiger partial charge on any atom is -0.309 e. The van der Waals surface area contributed by atoms with Crippen molar-refractivity contribution in [3.63, 3.8) is 0 Å². The molecular formula is C62H38N2. The lowest BCUT2D eigenvalue weighted by Gasteiger charge is -2.18. The van der Waals surface area contributed by atoms with Crippen LogP contribution in [0, 0.1) is 0 Å². The van der Waals surface area contributed by atoms with Crippen LogP contribution in [-0.4, -0.2) is 9.13 Å². The zero-order chi connectivity index (χ0) is 41.9. The quantitative estimate of drug-likeness (QED) is 0.157. The topological polar surface area (TPSA) is 9.86 Å². The first-order valence-corrected chi connectivity index (χ1v) is 22.2. The first kappa shape index (κ1) is 35.2. The molecule has 0 fully saturated rings. The van der Waals surface area contributed by atoms with Crippen LogP contribution >= 0.6 is 0 Å². The molecule has 14 rings (SSSR count). The third-order valence-corrected chi connectivity index (χ3v) is 13.9. The van der Waals surface area contributed by atoms with Crippen molar-refractivity contribution < 1.29 is 0 Å². The maximum Gasteiger partial charge on any atom is 0.0547 e. The maximum absolute atomic E-state index is 2.46. The fourth-order valence-electron chi connectivity index (χ4n) is 11.0. The van der Waals surface area contributed by atoms with E-state index in [4.69, 9.17) is 0 Å². The average Bonchev–Trinajstić information content (AvgIpc) is 3.88. The highest BCUT2D eigenvalue weighted by molar-refractivity contribution is 6.36. The second-order valence-electron chi connectivity index (χ2n) is 17.2. The number of nitrogens with zero attached hydrogens (tertiary/aromatic N) is 2. The molecule has 0 saturated heterocycles. The van der Waals surface area contributed by atoms with Gasteiger partial charge < -0.3 is 9.13 Å². The second kappa shape index (κ2) is 13.5. The molecule has 296 valence electrons. The van der Waals surface area contributed by atoms with Crippen molar-refractivity contribution in [1.82, 2.24) is 9.13 Å². The predicted octanol–water partition coefficient (Wildman–Crippen LogP) is 17.0. The summed E-state index contributed by atoms with van der Waals surface area (Å²) >= 11 is 0. The maximum atomic E-state index is 2.46. The molecule has 2 heterocycles. The first-order valence-electron chi connectivity index (χ1n) is 22.2. The molecular weight excluding hydrogens is 773 g/mol. The lowest BCUT2D eigenvalue weighted by atomic mass is 9.85. The molecule has 0 atom stereocenters. The second-order valence-corrected chi connectivity index (χ2v) is 17.2. The van der Waals surface area contributed by atoms with Crippen molar-refractivity contribution in [1.29, 1.82) is 0 Å². The van der Waals surface area contributed by atoms with Gasteiger partial charge in [-0.1, -0.05) is 170 Å². The molecule has 2 nitrogen and oxygen atoms in total. The van der Waals surface area contributed by atoms with Crippen LogP contribution in [0.25, 0.3) is 131 Å². The Hall–Kier alpha value is -8.46. The fraction of sp³-hybridized carbons (Fsp3) is 0. The van der Waals surface area contributed by atoms with Gasteiger partial charge >= 0.3 is 0 Å². The summed E-state index contributed by atoms with van der Waals surface area (Å²) in [5.74, 6) is 0. The molecule has 2 aromatic heterocycles. The van der Waals surface area contributed by atoms with Crippen LogP contribution in [0.4, 0.5) is 0 Å². The van der Waals surface area contributed by atoms with Crippen molar-refractivity contribution >= 4 is 97.5 Å². The van der Waals surface area contributed by atoms with Crippen LogP contribution < -0.4 is 0 Å². The van der Waals surface area contributed by atoms with Gasteiger partial charge in [0.25, 0.3) is 0 Å². The van der Waals surface area contributed by atoms with Crippen LogP contribution in [0.2, 0.25) is 0 Å². The molecule has 0 bridgehead atoms. The van der Waals surface area contributed by atoms with Crippen LogP contribution in [0.5, 0.6) is 0 Å². The Morgan fingerprint density at radius 1 is 0.219 bits per heavy atom. The summed E-state index contributed by atoms with van der Waals surface area (Å²) in [5.41, 5.74) is 12.0. The predicted molar refractivity (Wildman–Crippen MR) is 274 cm³/mol. The third-order valence-electron chi connectivity index (χ3n) is 13.9. The highest BCUT2D eigenvalue weighted by Gasteiger charge is 2.19. The molecule has 0 aliphatic heterocycles. The van der Waals surface area contributed by atoms with Gasteiger partial charge in [-0.25, -0.2) is 0 Å². The minimum absolute atomic E-state index is 1.14. The summed E-state index contributed by atoms with van der Waals surface area (Å²) in [4.78, 5) is 0. The van der Waals surface area contributed by atoms with E-state index in [1.165, 1.54) is 125 Å². The van der Waals surface area contributed by atoms with Crippen molar-refractivity contribution in [3.05, 3.63) is 231 Å². The Morgan fingerprint density at radius 3 is 1.44 bits per heavy atom. The smallest absolute Gasteiger partial charge is 0.0547 e. The van der Waals surface area contributed by atoms with Crippen molar-refractivity contribution in [3.8, 4) is 33.6 Å². The number of para-hydroxylation sites is 3. The van der Waals surface area contributed by atoms with Gasteiger partial charge in [0.1, 0.15) is 0 Å². The summed E-state index contributed by atoms with van der Waals surface area (Å²) in [5, 5.41) is 17.9. The Morgan fingerprint density at radius 2 is 0.688 bits per heavy atom. The Balaban J connectivity index is 0.958. The van der Waals surface area contributed by atoms with E-state index in [0.717, 1.165) is 5.69 Å². The summed E-state index contributed by atoms with van der Waals surface area (Å²) in [6, 6.07) is 85.3. The average molecular weight is 811 g/mol. The lowest BCUT2D eigenvalue weighted by molar-refractivity contribution is 1.18. The Kier molecular flexibility index (Phi) is 7.43. The molecule has 0 aliphatic carbocycles. The van der Waals surface area contributed by atoms with E-state index in [1.807, 2.05) is 0 Å². The molecule has 2 heteroatoms. The Bertz CT molecular complexity index is 4220. The van der Waals surface area contributed by atoms with Gasteiger partial charge in [0.15, 0.2) is 0 Å².